The van der Waals surface area contributed by atoms with Gasteiger partial charge in [0, 0.05) is 28.6 Å². The van der Waals surface area contributed by atoms with Crippen molar-refractivity contribution in [2.45, 2.75) is 33.1 Å². The van der Waals surface area contributed by atoms with Crippen LogP contribution in [0.3, 0.4) is 0 Å². The second-order valence-electron chi connectivity index (χ2n) is 6.12. The van der Waals surface area contributed by atoms with Crippen LogP contribution in [-0.4, -0.2) is 11.8 Å². The molecule has 0 saturated heterocycles. The molecule has 0 radical (unpaired) electrons. The molecule has 120 valence electrons. The van der Waals surface area contributed by atoms with E-state index in [1.807, 2.05) is 17.5 Å². The topological polar surface area (TPSA) is 58.2 Å². The van der Waals surface area contributed by atoms with E-state index in [9.17, 15) is 9.59 Å². The lowest BCUT2D eigenvalue weighted by Gasteiger charge is -2.18. The average Bonchev–Trinajstić information content (AvgIpc) is 2.89. The first-order chi connectivity index (χ1) is 11.0. The standard InChI is InChI=1S/C18H20N2O2S/c1-11-6-7-15-16(10-23-17(15)8-11)18(22)20-14-5-3-4-13(9-14)19-12(2)21/h3-5,9-11H,6-8H2,1-2H3,(H,19,21)(H,20,22). The fourth-order valence-electron chi connectivity index (χ4n) is 2.94. The van der Waals surface area contributed by atoms with Crippen LogP contribution in [0.5, 0.6) is 0 Å². The molecule has 1 heterocycles. The molecule has 3 rings (SSSR count). The number of anilines is 2. The Morgan fingerprint density at radius 1 is 1.22 bits per heavy atom. The highest BCUT2D eigenvalue weighted by Gasteiger charge is 2.23. The Morgan fingerprint density at radius 2 is 1.96 bits per heavy atom. The van der Waals surface area contributed by atoms with Gasteiger partial charge in [-0.05, 0) is 48.9 Å². The highest BCUT2D eigenvalue weighted by atomic mass is 32.1. The molecule has 1 atom stereocenters. The van der Waals surface area contributed by atoms with Crippen molar-refractivity contribution in [3.8, 4) is 0 Å². The number of benzene rings is 1. The minimum Gasteiger partial charge on any atom is -0.326 e. The number of thiophene rings is 1. The number of hydrogen-bond donors (Lipinski definition) is 2. The number of amides is 2. The van der Waals surface area contributed by atoms with Crippen LogP contribution in [0.2, 0.25) is 0 Å². The Morgan fingerprint density at radius 3 is 2.70 bits per heavy atom. The van der Waals surface area contributed by atoms with Crippen LogP contribution < -0.4 is 10.6 Å². The summed E-state index contributed by atoms with van der Waals surface area (Å²) >= 11 is 1.69. The molecule has 2 aromatic rings. The van der Waals surface area contributed by atoms with Gasteiger partial charge in [0.2, 0.25) is 5.91 Å². The Bertz CT molecular complexity index is 751. The van der Waals surface area contributed by atoms with Gasteiger partial charge in [0.25, 0.3) is 5.91 Å². The molecule has 0 saturated carbocycles. The number of carbonyl (C=O) groups is 2. The molecule has 1 aliphatic carbocycles. The summed E-state index contributed by atoms with van der Waals surface area (Å²) in [5.41, 5.74) is 3.37. The summed E-state index contributed by atoms with van der Waals surface area (Å²) in [5, 5.41) is 7.62. The zero-order valence-electron chi connectivity index (χ0n) is 13.3. The van der Waals surface area contributed by atoms with Gasteiger partial charge in [-0.15, -0.1) is 11.3 Å². The van der Waals surface area contributed by atoms with E-state index in [0.29, 0.717) is 17.3 Å². The van der Waals surface area contributed by atoms with E-state index >= 15 is 0 Å². The summed E-state index contributed by atoms with van der Waals surface area (Å²) in [7, 11) is 0. The summed E-state index contributed by atoms with van der Waals surface area (Å²) < 4.78 is 0. The summed E-state index contributed by atoms with van der Waals surface area (Å²) in [4.78, 5) is 25.0. The third-order valence-corrected chi connectivity index (χ3v) is 5.14. The van der Waals surface area contributed by atoms with Gasteiger partial charge in [0.15, 0.2) is 0 Å². The molecule has 23 heavy (non-hydrogen) atoms. The van der Waals surface area contributed by atoms with E-state index in [1.165, 1.54) is 17.4 Å². The molecule has 0 aliphatic heterocycles. The summed E-state index contributed by atoms with van der Waals surface area (Å²) in [6, 6.07) is 7.20. The molecule has 0 bridgehead atoms. The van der Waals surface area contributed by atoms with E-state index in [2.05, 4.69) is 17.6 Å². The fraction of sp³-hybridized carbons (Fsp3) is 0.333. The van der Waals surface area contributed by atoms with Crippen molar-refractivity contribution in [2.75, 3.05) is 10.6 Å². The number of carbonyl (C=O) groups excluding carboxylic acids is 2. The Kier molecular flexibility index (Phi) is 4.48. The quantitative estimate of drug-likeness (QED) is 0.892. The molecule has 1 unspecified atom stereocenters. The van der Waals surface area contributed by atoms with Gasteiger partial charge >= 0.3 is 0 Å². The molecule has 1 aromatic carbocycles. The normalized spacial score (nSPS) is 16.5. The van der Waals surface area contributed by atoms with E-state index in [-0.39, 0.29) is 11.8 Å². The monoisotopic (exact) mass is 328 g/mol. The van der Waals surface area contributed by atoms with Gasteiger partial charge < -0.3 is 10.6 Å². The highest BCUT2D eigenvalue weighted by molar-refractivity contribution is 7.10. The molecule has 1 aliphatic rings. The Balaban J connectivity index is 1.76. The van der Waals surface area contributed by atoms with Gasteiger partial charge in [-0.25, -0.2) is 0 Å². The van der Waals surface area contributed by atoms with Gasteiger partial charge in [0.1, 0.15) is 0 Å². The van der Waals surface area contributed by atoms with E-state index < -0.39 is 0 Å². The van der Waals surface area contributed by atoms with Crippen LogP contribution in [-0.2, 0) is 17.6 Å². The first-order valence-electron chi connectivity index (χ1n) is 7.81. The SMILES string of the molecule is CC(=O)Nc1cccc(NC(=O)c2csc3c2CCC(C)C3)c1. The number of rotatable bonds is 3. The van der Waals surface area contributed by atoms with Gasteiger partial charge in [-0.1, -0.05) is 13.0 Å². The first-order valence-corrected chi connectivity index (χ1v) is 8.69. The van der Waals surface area contributed by atoms with Gasteiger partial charge in [-0.2, -0.15) is 0 Å². The summed E-state index contributed by atoms with van der Waals surface area (Å²) in [6.45, 7) is 3.72. The molecular formula is C18H20N2O2S. The third-order valence-electron chi connectivity index (χ3n) is 4.09. The largest absolute Gasteiger partial charge is 0.326 e. The maximum atomic E-state index is 12.6. The van der Waals surface area contributed by atoms with Crippen LogP contribution in [0.4, 0.5) is 11.4 Å². The van der Waals surface area contributed by atoms with Crippen molar-refractivity contribution in [1.29, 1.82) is 0 Å². The Labute approximate surface area is 139 Å². The number of fused-ring (bicyclic) bond motifs is 1. The number of nitrogens with one attached hydrogen (secondary N) is 2. The molecular weight excluding hydrogens is 308 g/mol. The lowest BCUT2D eigenvalue weighted by atomic mass is 9.88. The first kappa shape index (κ1) is 15.7. The molecule has 0 fully saturated rings. The molecule has 1 aromatic heterocycles. The average molecular weight is 328 g/mol. The third kappa shape index (κ3) is 3.62. The van der Waals surface area contributed by atoms with Crippen LogP contribution >= 0.6 is 11.3 Å². The van der Waals surface area contributed by atoms with Crippen LogP contribution in [0.25, 0.3) is 0 Å². The minimum atomic E-state index is -0.130. The lowest BCUT2D eigenvalue weighted by Crippen LogP contribution is -2.16. The zero-order valence-corrected chi connectivity index (χ0v) is 14.1. The molecule has 4 nitrogen and oxygen atoms in total. The van der Waals surface area contributed by atoms with E-state index in [1.54, 1.807) is 23.5 Å². The van der Waals surface area contributed by atoms with E-state index in [0.717, 1.165) is 24.8 Å². The molecule has 2 N–H and O–H groups in total. The Hall–Kier alpha value is -2.14. The summed E-state index contributed by atoms with van der Waals surface area (Å²) in [5.74, 6) is 0.498. The molecule has 5 heteroatoms. The molecule has 2 amide bonds. The second-order valence-corrected chi connectivity index (χ2v) is 7.08. The van der Waals surface area contributed by atoms with Crippen molar-refractivity contribution in [3.63, 3.8) is 0 Å². The summed E-state index contributed by atoms with van der Waals surface area (Å²) in [6.07, 6.45) is 3.20. The van der Waals surface area contributed by atoms with Crippen LogP contribution in [0, 0.1) is 5.92 Å². The van der Waals surface area contributed by atoms with Gasteiger partial charge in [0.05, 0.1) is 5.56 Å². The zero-order chi connectivity index (χ0) is 16.4. The minimum absolute atomic E-state index is 0.0722. The van der Waals surface area contributed by atoms with Crippen molar-refractivity contribution >= 4 is 34.5 Å². The van der Waals surface area contributed by atoms with Crippen molar-refractivity contribution in [1.82, 2.24) is 0 Å². The predicted octanol–water partition coefficient (Wildman–Crippen LogP) is 4.08. The fourth-order valence-corrected chi connectivity index (χ4v) is 4.19. The van der Waals surface area contributed by atoms with Crippen molar-refractivity contribution in [3.05, 3.63) is 45.6 Å². The maximum Gasteiger partial charge on any atom is 0.256 e. The van der Waals surface area contributed by atoms with Crippen LogP contribution in [0.1, 0.15) is 41.1 Å². The molecule has 0 spiro atoms. The lowest BCUT2D eigenvalue weighted by molar-refractivity contribution is -0.114. The van der Waals surface area contributed by atoms with Crippen molar-refractivity contribution in [2.24, 2.45) is 5.92 Å². The highest BCUT2D eigenvalue weighted by Crippen LogP contribution is 2.33. The number of hydrogen-bond acceptors (Lipinski definition) is 3. The maximum absolute atomic E-state index is 12.6. The van der Waals surface area contributed by atoms with Crippen LogP contribution in [0.15, 0.2) is 29.6 Å². The van der Waals surface area contributed by atoms with Crippen molar-refractivity contribution < 1.29 is 9.59 Å². The van der Waals surface area contributed by atoms with E-state index in [4.69, 9.17) is 0 Å². The van der Waals surface area contributed by atoms with Gasteiger partial charge in [-0.3, -0.25) is 9.59 Å². The second kappa shape index (κ2) is 6.54. The smallest absolute Gasteiger partial charge is 0.256 e. The predicted molar refractivity (Wildman–Crippen MR) is 94.2 cm³/mol.